The van der Waals surface area contributed by atoms with Crippen molar-refractivity contribution in [3.8, 4) is 5.75 Å². The number of hydrogen-bond donors (Lipinski definition) is 1. The van der Waals surface area contributed by atoms with Crippen molar-refractivity contribution in [2.75, 3.05) is 27.2 Å². The maximum Gasteiger partial charge on any atom is 0.119 e. The van der Waals surface area contributed by atoms with E-state index in [0.717, 1.165) is 18.7 Å². The lowest BCUT2D eigenvalue weighted by molar-refractivity contribution is 0.0661. The number of fused-ring (bicyclic) bond motifs is 4. The number of rotatable bonds is 4. The van der Waals surface area contributed by atoms with Gasteiger partial charge in [0.15, 0.2) is 0 Å². The Morgan fingerprint density at radius 1 is 1.43 bits per heavy atom. The fraction of sp³-hybridized carbons (Fsp3) is 0.667. The van der Waals surface area contributed by atoms with E-state index >= 15 is 0 Å². The molecule has 0 spiro atoms. The summed E-state index contributed by atoms with van der Waals surface area (Å²) < 4.78 is 5.47. The first-order chi connectivity index (χ1) is 10.1. The van der Waals surface area contributed by atoms with E-state index in [0.29, 0.717) is 12.1 Å². The van der Waals surface area contributed by atoms with Crippen LogP contribution in [0.15, 0.2) is 18.2 Å². The van der Waals surface area contributed by atoms with E-state index in [1.165, 1.54) is 30.5 Å². The fourth-order valence-electron chi connectivity index (χ4n) is 4.26. The number of nitrogens with one attached hydrogen (secondary N) is 1. The molecule has 21 heavy (non-hydrogen) atoms. The monoisotopic (exact) mass is 288 g/mol. The smallest absolute Gasteiger partial charge is 0.119 e. The SMILES string of the molecule is CCCN[C@@H]1[C@H]2Cc3ccc(OC)cc3[C@@]1(C)CCN2C. The third-order valence-corrected chi connectivity index (χ3v) is 5.60. The molecule has 3 atom stereocenters. The van der Waals surface area contributed by atoms with E-state index in [4.69, 9.17) is 4.74 Å². The van der Waals surface area contributed by atoms with Crippen molar-refractivity contribution in [2.24, 2.45) is 0 Å². The molecule has 0 saturated carbocycles. The summed E-state index contributed by atoms with van der Waals surface area (Å²) in [6, 6.07) is 7.80. The molecule has 2 aliphatic rings. The summed E-state index contributed by atoms with van der Waals surface area (Å²) in [4.78, 5) is 2.54. The zero-order chi connectivity index (χ0) is 15.0. The predicted octanol–water partition coefficient (Wildman–Crippen LogP) is 2.58. The Labute approximate surface area is 128 Å². The average Bonchev–Trinajstić information content (AvgIpc) is 2.50. The highest BCUT2D eigenvalue weighted by atomic mass is 16.5. The first-order valence-electron chi connectivity index (χ1n) is 8.21. The molecule has 116 valence electrons. The van der Waals surface area contributed by atoms with Crippen LogP contribution in [0.25, 0.3) is 0 Å². The van der Waals surface area contributed by atoms with Gasteiger partial charge in [-0.2, -0.15) is 0 Å². The van der Waals surface area contributed by atoms with Crippen molar-refractivity contribution in [3.63, 3.8) is 0 Å². The van der Waals surface area contributed by atoms with Crippen molar-refractivity contribution in [1.82, 2.24) is 10.2 Å². The number of methoxy groups -OCH3 is 1. The van der Waals surface area contributed by atoms with Crippen LogP contribution in [0.1, 0.15) is 37.8 Å². The van der Waals surface area contributed by atoms with Crippen LogP contribution in [0.5, 0.6) is 5.75 Å². The second kappa shape index (κ2) is 5.62. The Morgan fingerprint density at radius 2 is 2.24 bits per heavy atom. The van der Waals surface area contributed by atoms with Gasteiger partial charge < -0.3 is 15.0 Å². The van der Waals surface area contributed by atoms with E-state index < -0.39 is 0 Å². The molecule has 3 heteroatoms. The van der Waals surface area contributed by atoms with E-state index in [9.17, 15) is 0 Å². The third-order valence-electron chi connectivity index (χ3n) is 5.60. The van der Waals surface area contributed by atoms with Crippen molar-refractivity contribution in [1.29, 1.82) is 0 Å². The zero-order valence-electron chi connectivity index (χ0n) is 13.8. The van der Waals surface area contributed by atoms with Crippen LogP contribution >= 0.6 is 0 Å². The lowest BCUT2D eigenvalue weighted by atomic mass is 9.61. The lowest BCUT2D eigenvalue weighted by Gasteiger charge is -2.55. The highest BCUT2D eigenvalue weighted by molar-refractivity contribution is 5.45. The first-order valence-corrected chi connectivity index (χ1v) is 8.21. The van der Waals surface area contributed by atoms with Crippen LogP contribution in [-0.2, 0) is 11.8 Å². The summed E-state index contributed by atoms with van der Waals surface area (Å²) in [5.41, 5.74) is 3.22. The van der Waals surface area contributed by atoms with Crippen molar-refractivity contribution in [3.05, 3.63) is 29.3 Å². The zero-order valence-corrected chi connectivity index (χ0v) is 13.8. The molecule has 1 aromatic carbocycles. The van der Waals surface area contributed by atoms with Crippen molar-refractivity contribution in [2.45, 2.75) is 50.6 Å². The highest BCUT2D eigenvalue weighted by Gasteiger charge is 2.49. The van der Waals surface area contributed by atoms with Gasteiger partial charge in [0.05, 0.1) is 7.11 Å². The molecule has 1 saturated heterocycles. The van der Waals surface area contributed by atoms with E-state index in [1.54, 1.807) is 7.11 Å². The molecular weight excluding hydrogens is 260 g/mol. The van der Waals surface area contributed by atoms with Gasteiger partial charge in [-0.25, -0.2) is 0 Å². The second-order valence-corrected chi connectivity index (χ2v) is 6.87. The summed E-state index contributed by atoms with van der Waals surface area (Å²) in [6.07, 6.45) is 3.54. The maximum absolute atomic E-state index is 5.47. The van der Waals surface area contributed by atoms with Crippen LogP contribution in [0.2, 0.25) is 0 Å². The van der Waals surface area contributed by atoms with Gasteiger partial charge in [0.1, 0.15) is 5.75 Å². The number of ether oxygens (including phenoxy) is 1. The van der Waals surface area contributed by atoms with Gasteiger partial charge in [-0.3, -0.25) is 0 Å². The Hall–Kier alpha value is -1.06. The Bertz CT molecular complexity index is 516. The number of likely N-dealkylation sites (tertiary alicyclic amines) is 1. The van der Waals surface area contributed by atoms with Crippen LogP contribution in [-0.4, -0.2) is 44.2 Å². The highest BCUT2D eigenvalue weighted by Crippen LogP contribution is 2.45. The summed E-state index contributed by atoms with van der Waals surface area (Å²) in [5, 5.41) is 3.84. The van der Waals surface area contributed by atoms with E-state index in [2.05, 4.69) is 49.3 Å². The normalized spacial score (nSPS) is 31.8. The molecule has 3 nitrogen and oxygen atoms in total. The average molecular weight is 288 g/mol. The van der Waals surface area contributed by atoms with Gasteiger partial charge in [0.2, 0.25) is 0 Å². The number of benzene rings is 1. The molecular formula is C18H28N2O. The second-order valence-electron chi connectivity index (χ2n) is 6.87. The Morgan fingerprint density at radius 3 is 2.95 bits per heavy atom. The largest absolute Gasteiger partial charge is 0.497 e. The number of hydrogen-bond acceptors (Lipinski definition) is 3. The first kappa shape index (κ1) is 14.9. The van der Waals surface area contributed by atoms with Crippen molar-refractivity contribution >= 4 is 0 Å². The number of likely N-dealkylation sites (N-methyl/N-ethyl adjacent to an activating group) is 1. The molecule has 0 unspecified atom stereocenters. The maximum atomic E-state index is 5.47. The summed E-state index contributed by atoms with van der Waals surface area (Å²) in [6.45, 7) is 6.97. The minimum atomic E-state index is 0.217. The Balaban J connectivity index is 2.04. The predicted molar refractivity (Wildman–Crippen MR) is 87.2 cm³/mol. The van der Waals surface area contributed by atoms with Gasteiger partial charge in [-0.1, -0.05) is 19.9 Å². The quantitative estimate of drug-likeness (QED) is 0.921. The molecule has 0 amide bonds. The third kappa shape index (κ3) is 2.36. The molecule has 1 aliphatic heterocycles. The Kier molecular flexibility index (Phi) is 3.98. The van der Waals surface area contributed by atoms with Gasteiger partial charge in [0.25, 0.3) is 0 Å². The molecule has 3 rings (SSSR count). The van der Waals surface area contributed by atoms with Crippen LogP contribution < -0.4 is 10.1 Å². The fourth-order valence-corrected chi connectivity index (χ4v) is 4.26. The number of piperidine rings is 1. The van der Waals surface area contributed by atoms with Crippen LogP contribution in [0, 0.1) is 0 Å². The molecule has 1 aliphatic carbocycles. The van der Waals surface area contributed by atoms with Gasteiger partial charge in [-0.05, 0) is 62.7 Å². The minimum Gasteiger partial charge on any atom is -0.497 e. The minimum absolute atomic E-state index is 0.217. The van der Waals surface area contributed by atoms with E-state index in [1.807, 2.05) is 0 Å². The molecule has 1 aromatic rings. The van der Waals surface area contributed by atoms with Crippen LogP contribution in [0.4, 0.5) is 0 Å². The van der Waals surface area contributed by atoms with Gasteiger partial charge in [0, 0.05) is 17.5 Å². The summed E-state index contributed by atoms with van der Waals surface area (Å²) in [7, 11) is 4.04. The molecule has 1 heterocycles. The number of nitrogens with zero attached hydrogens (tertiary/aromatic N) is 1. The molecule has 1 N–H and O–H groups in total. The van der Waals surface area contributed by atoms with Crippen LogP contribution in [0.3, 0.4) is 0 Å². The summed E-state index contributed by atoms with van der Waals surface area (Å²) in [5.74, 6) is 0.988. The molecule has 2 bridgehead atoms. The van der Waals surface area contributed by atoms with E-state index in [-0.39, 0.29) is 5.41 Å². The standard InChI is InChI=1S/C18H28N2O/c1-5-9-19-17-16-11-13-6-7-14(21-4)12-15(13)18(17,2)8-10-20(16)3/h6-7,12,16-17,19H,5,8-11H2,1-4H3/t16-,17-,18-/m1/s1. The topological polar surface area (TPSA) is 24.5 Å². The molecule has 0 radical (unpaired) electrons. The summed E-state index contributed by atoms with van der Waals surface area (Å²) >= 11 is 0. The van der Waals surface area contributed by atoms with Gasteiger partial charge in [-0.15, -0.1) is 0 Å². The molecule has 0 aromatic heterocycles. The van der Waals surface area contributed by atoms with Gasteiger partial charge >= 0.3 is 0 Å². The lowest BCUT2D eigenvalue weighted by Crippen LogP contribution is -2.66. The molecule has 1 fully saturated rings. The van der Waals surface area contributed by atoms with Crippen molar-refractivity contribution < 1.29 is 4.74 Å².